The molecule has 0 saturated carbocycles. The first kappa shape index (κ1) is 14.2. The molecule has 3 nitrogen and oxygen atoms in total. The van der Waals surface area contributed by atoms with Crippen molar-refractivity contribution >= 4 is 65.4 Å². The van der Waals surface area contributed by atoms with Crippen LogP contribution in [0.15, 0.2) is 83.4 Å². The molecule has 134 valence electrons. The lowest BCUT2D eigenvalue weighted by atomic mass is 9.95. The van der Waals surface area contributed by atoms with Crippen LogP contribution in [0.5, 0.6) is 0 Å². The van der Waals surface area contributed by atoms with E-state index in [1.165, 1.54) is 54.3 Å². The first-order valence-corrected chi connectivity index (χ1v) is 9.99. The van der Waals surface area contributed by atoms with Crippen LogP contribution in [0.4, 0.5) is 0 Å². The van der Waals surface area contributed by atoms with Crippen LogP contribution in [0.25, 0.3) is 65.4 Å². The number of rotatable bonds is 0. The molecule has 4 aromatic carbocycles. The van der Waals surface area contributed by atoms with Gasteiger partial charge in [-0.2, -0.15) is 4.57 Å². The Morgan fingerprint density at radius 1 is 0.655 bits per heavy atom. The number of aromatic nitrogens is 2. The van der Waals surface area contributed by atoms with Crippen molar-refractivity contribution in [3.8, 4) is 0 Å². The Balaban J connectivity index is 1.88. The van der Waals surface area contributed by atoms with Crippen molar-refractivity contribution in [2.75, 3.05) is 0 Å². The highest BCUT2D eigenvalue weighted by molar-refractivity contribution is 6.37. The summed E-state index contributed by atoms with van der Waals surface area (Å²) in [6.45, 7) is 0.776. The zero-order valence-electron chi connectivity index (χ0n) is 15.5. The minimum Gasteiger partial charge on any atom is -0.449 e. The van der Waals surface area contributed by atoms with Gasteiger partial charge in [0.05, 0.1) is 11.0 Å². The van der Waals surface area contributed by atoms with E-state index in [4.69, 9.17) is 4.42 Å². The van der Waals surface area contributed by atoms with Gasteiger partial charge in [-0.25, -0.2) is 0 Å². The van der Waals surface area contributed by atoms with Crippen LogP contribution in [0, 0.1) is 0 Å². The third-order valence-electron chi connectivity index (χ3n) is 6.65. The molecule has 0 aliphatic carbocycles. The SMILES string of the molecule is c1ccc2c(c1)c1ccc3oc4ccc[n+]5c4c3c1c1c2c2ccccc2n1C5. The van der Waals surface area contributed by atoms with Crippen molar-refractivity contribution in [2.45, 2.75) is 6.67 Å². The van der Waals surface area contributed by atoms with Gasteiger partial charge < -0.3 is 4.42 Å². The van der Waals surface area contributed by atoms with Crippen LogP contribution < -0.4 is 4.57 Å². The molecule has 0 saturated heterocycles. The number of fused-ring (bicyclic) bond motifs is 6. The van der Waals surface area contributed by atoms with E-state index in [9.17, 15) is 0 Å². The van der Waals surface area contributed by atoms with Crippen LogP contribution in [0.2, 0.25) is 0 Å². The Morgan fingerprint density at radius 3 is 2.38 bits per heavy atom. The van der Waals surface area contributed by atoms with E-state index < -0.39 is 0 Å². The quantitative estimate of drug-likeness (QED) is 0.233. The topological polar surface area (TPSA) is 21.9 Å². The smallest absolute Gasteiger partial charge is 0.261 e. The predicted octanol–water partition coefficient (Wildman–Crippen LogP) is 6.11. The number of hydrogen-bond donors (Lipinski definition) is 0. The van der Waals surface area contributed by atoms with Crippen molar-refractivity contribution in [2.24, 2.45) is 0 Å². The standard InChI is InChI=1S/C26H15N2O/c1-2-7-16-15(6-1)17-11-12-20-24-23(17)26-22(16)18-8-3-4-9-19(18)28(26)14-27-13-5-10-21(29-20)25(24)27/h1-13H,14H2/q+1. The number of nitrogens with zero attached hydrogens (tertiary/aromatic N) is 2. The summed E-state index contributed by atoms with van der Waals surface area (Å²) in [6, 6.07) is 26.1. The molecule has 29 heavy (non-hydrogen) atoms. The van der Waals surface area contributed by atoms with Crippen LogP contribution in [-0.2, 0) is 6.67 Å². The molecule has 0 fully saturated rings. The molecular weight excluding hydrogens is 356 g/mol. The molecule has 1 aliphatic heterocycles. The summed E-state index contributed by atoms with van der Waals surface area (Å²) in [7, 11) is 0. The third kappa shape index (κ3) is 1.49. The Kier molecular flexibility index (Phi) is 2.24. The number of benzene rings is 4. The molecule has 4 heterocycles. The van der Waals surface area contributed by atoms with Crippen LogP contribution in [-0.4, -0.2) is 4.57 Å². The lowest BCUT2D eigenvalue weighted by molar-refractivity contribution is -0.674. The summed E-state index contributed by atoms with van der Waals surface area (Å²) in [5, 5.41) is 9.12. The number of furan rings is 1. The molecule has 0 radical (unpaired) electrons. The molecule has 0 amide bonds. The fourth-order valence-electron chi connectivity index (χ4n) is 5.56. The highest BCUT2D eigenvalue weighted by atomic mass is 16.3. The second-order valence-electron chi connectivity index (χ2n) is 8.01. The van der Waals surface area contributed by atoms with Crippen LogP contribution in [0.3, 0.4) is 0 Å². The normalized spacial score (nSPS) is 13.4. The highest BCUT2D eigenvalue weighted by Crippen LogP contribution is 2.45. The molecule has 8 rings (SSSR count). The average molecular weight is 371 g/mol. The van der Waals surface area contributed by atoms with Crippen molar-refractivity contribution in [3.63, 3.8) is 0 Å². The Morgan fingerprint density at radius 2 is 1.45 bits per heavy atom. The fourth-order valence-corrected chi connectivity index (χ4v) is 5.56. The minimum atomic E-state index is 0.776. The number of hydrogen-bond acceptors (Lipinski definition) is 1. The number of pyridine rings is 1. The maximum atomic E-state index is 6.28. The van der Waals surface area contributed by atoms with Gasteiger partial charge in [0.2, 0.25) is 6.67 Å². The molecule has 3 aromatic heterocycles. The predicted molar refractivity (Wildman–Crippen MR) is 117 cm³/mol. The monoisotopic (exact) mass is 371 g/mol. The van der Waals surface area contributed by atoms with Crippen LogP contribution in [0.1, 0.15) is 0 Å². The average Bonchev–Trinajstić information content (AvgIpc) is 3.25. The maximum absolute atomic E-state index is 6.28. The highest BCUT2D eigenvalue weighted by Gasteiger charge is 2.28. The van der Waals surface area contributed by atoms with Crippen molar-refractivity contribution in [1.29, 1.82) is 0 Å². The molecular formula is C26H15N2O+. The summed E-state index contributed by atoms with van der Waals surface area (Å²) in [5.74, 6) is 0. The fraction of sp³-hybridized carbons (Fsp3) is 0.0385. The molecule has 0 atom stereocenters. The van der Waals surface area contributed by atoms with E-state index in [0.717, 1.165) is 17.8 Å². The third-order valence-corrected chi connectivity index (χ3v) is 6.65. The van der Waals surface area contributed by atoms with Crippen molar-refractivity contribution in [3.05, 3.63) is 79.0 Å². The second kappa shape index (κ2) is 4.58. The van der Waals surface area contributed by atoms with Gasteiger partial charge in [0, 0.05) is 22.2 Å². The minimum absolute atomic E-state index is 0.776. The molecule has 0 spiro atoms. The van der Waals surface area contributed by atoms with Gasteiger partial charge in [-0.3, -0.25) is 4.57 Å². The summed E-state index contributed by atoms with van der Waals surface area (Å²) in [5.41, 5.74) is 5.70. The van der Waals surface area contributed by atoms with Gasteiger partial charge in [0.15, 0.2) is 11.8 Å². The Bertz CT molecular complexity index is 1830. The van der Waals surface area contributed by atoms with Gasteiger partial charge in [0.25, 0.3) is 5.52 Å². The van der Waals surface area contributed by atoms with Gasteiger partial charge >= 0.3 is 0 Å². The van der Waals surface area contributed by atoms with E-state index in [0.29, 0.717) is 0 Å². The van der Waals surface area contributed by atoms with E-state index in [1.54, 1.807) is 0 Å². The lowest BCUT2D eigenvalue weighted by Crippen LogP contribution is -2.36. The summed E-state index contributed by atoms with van der Waals surface area (Å²) < 4.78 is 11.1. The van der Waals surface area contributed by atoms with E-state index in [-0.39, 0.29) is 0 Å². The largest absolute Gasteiger partial charge is 0.449 e. The van der Waals surface area contributed by atoms with Gasteiger partial charge in [-0.15, -0.1) is 0 Å². The number of para-hydroxylation sites is 1. The molecule has 0 N–H and O–H groups in total. The maximum Gasteiger partial charge on any atom is 0.261 e. The Hall–Kier alpha value is -3.85. The first-order chi connectivity index (χ1) is 14.4. The van der Waals surface area contributed by atoms with Gasteiger partial charge in [-0.1, -0.05) is 42.5 Å². The first-order valence-electron chi connectivity index (χ1n) is 9.99. The Labute approximate surface area is 165 Å². The van der Waals surface area contributed by atoms with E-state index in [1.807, 2.05) is 0 Å². The molecule has 3 heteroatoms. The summed E-state index contributed by atoms with van der Waals surface area (Å²) >= 11 is 0. The molecule has 1 aliphatic rings. The lowest BCUT2D eigenvalue weighted by Gasteiger charge is -2.09. The second-order valence-corrected chi connectivity index (χ2v) is 8.01. The summed E-state index contributed by atoms with van der Waals surface area (Å²) in [4.78, 5) is 0. The van der Waals surface area contributed by atoms with Crippen molar-refractivity contribution in [1.82, 2.24) is 4.57 Å². The van der Waals surface area contributed by atoms with Gasteiger partial charge in [-0.05, 0) is 40.4 Å². The van der Waals surface area contributed by atoms with E-state index in [2.05, 4.69) is 88.1 Å². The van der Waals surface area contributed by atoms with Crippen molar-refractivity contribution < 1.29 is 8.98 Å². The zero-order valence-corrected chi connectivity index (χ0v) is 15.5. The summed E-state index contributed by atoms with van der Waals surface area (Å²) in [6.07, 6.45) is 2.17. The molecule has 0 unspecified atom stereocenters. The van der Waals surface area contributed by atoms with Gasteiger partial charge in [0.1, 0.15) is 11.0 Å². The zero-order chi connectivity index (χ0) is 18.7. The molecule has 0 bridgehead atoms. The van der Waals surface area contributed by atoms with E-state index >= 15 is 0 Å². The van der Waals surface area contributed by atoms with Crippen LogP contribution >= 0.6 is 0 Å². The molecule has 7 aromatic rings.